The molecule has 0 N–H and O–H groups in total. The standard InChI is InChI=1S/C20H18F2N2OS2/c1-12-5-4-6-13(2)19(12)24(14(3)25)20-23-16(11-27-20)10-26-18-8-7-15(21)9-17(18)22/h4-9,11H,10H2,1-3H3. The summed E-state index contributed by atoms with van der Waals surface area (Å²) in [5.41, 5.74) is 3.55. The molecule has 0 aliphatic heterocycles. The molecule has 0 atom stereocenters. The second kappa shape index (κ2) is 8.19. The summed E-state index contributed by atoms with van der Waals surface area (Å²) >= 11 is 2.61. The van der Waals surface area contributed by atoms with Crippen LogP contribution in [0.25, 0.3) is 0 Å². The monoisotopic (exact) mass is 404 g/mol. The van der Waals surface area contributed by atoms with E-state index < -0.39 is 11.6 Å². The van der Waals surface area contributed by atoms with Crippen molar-refractivity contribution in [2.45, 2.75) is 31.4 Å². The number of hydrogen-bond donors (Lipinski definition) is 0. The van der Waals surface area contributed by atoms with Crippen LogP contribution in [0.1, 0.15) is 23.7 Å². The van der Waals surface area contributed by atoms with Crippen LogP contribution < -0.4 is 4.90 Å². The molecule has 27 heavy (non-hydrogen) atoms. The molecular formula is C20H18F2N2OS2. The first-order valence-electron chi connectivity index (χ1n) is 8.26. The summed E-state index contributed by atoms with van der Waals surface area (Å²) in [6.45, 7) is 5.43. The van der Waals surface area contributed by atoms with Crippen LogP contribution >= 0.6 is 23.1 Å². The Hall–Kier alpha value is -2.25. The fourth-order valence-electron chi connectivity index (χ4n) is 2.76. The largest absolute Gasteiger partial charge is 0.274 e. The molecule has 0 aliphatic carbocycles. The van der Waals surface area contributed by atoms with Gasteiger partial charge < -0.3 is 0 Å². The summed E-state index contributed by atoms with van der Waals surface area (Å²) in [6, 6.07) is 9.39. The zero-order chi connectivity index (χ0) is 19.6. The summed E-state index contributed by atoms with van der Waals surface area (Å²) in [5.74, 6) is -0.877. The number of thioether (sulfide) groups is 1. The lowest BCUT2D eigenvalue weighted by Crippen LogP contribution is -2.24. The van der Waals surface area contributed by atoms with Gasteiger partial charge in [0.1, 0.15) is 11.6 Å². The molecule has 3 nitrogen and oxygen atoms in total. The molecule has 0 unspecified atom stereocenters. The lowest BCUT2D eigenvalue weighted by Gasteiger charge is -2.22. The van der Waals surface area contributed by atoms with Crippen molar-refractivity contribution in [3.05, 3.63) is 70.2 Å². The number of aryl methyl sites for hydroxylation is 2. The average molecular weight is 405 g/mol. The van der Waals surface area contributed by atoms with Gasteiger partial charge >= 0.3 is 0 Å². The fourth-order valence-corrected chi connectivity index (χ4v) is 4.55. The van der Waals surface area contributed by atoms with Crippen molar-refractivity contribution in [3.63, 3.8) is 0 Å². The minimum absolute atomic E-state index is 0.120. The lowest BCUT2D eigenvalue weighted by atomic mass is 10.1. The number of aromatic nitrogens is 1. The maximum Gasteiger partial charge on any atom is 0.230 e. The van der Waals surface area contributed by atoms with Crippen molar-refractivity contribution in [2.75, 3.05) is 4.90 Å². The van der Waals surface area contributed by atoms with Crippen LogP contribution in [-0.4, -0.2) is 10.9 Å². The third kappa shape index (κ3) is 4.36. The molecule has 0 spiro atoms. The third-order valence-corrected chi connectivity index (χ3v) is 5.94. The highest BCUT2D eigenvalue weighted by atomic mass is 32.2. The van der Waals surface area contributed by atoms with Crippen molar-refractivity contribution in [1.29, 1.82) is 0 Å². The van der Waals surface area contributed by atoms with Gasteiger partial charge in [-0.15, -0.1) is 23.1 Å². The Bertz CT molecular complexity index is 968. The van der Waals surface area contributed by atoms with E-state index in [2.05, 4.69) is 4.98 Å². The number of thiazole rings is 1. The van der Waals surface area contributed by atoms with E-state index in [-0.39, 0.29) is 5.91 Å². The summed E-state index contributed by atoms with van der Waals surface area (Å²) in [4.78, 5) is 18.9. The fraction of sp³-hybridized carbons (Fsp3) is 0.200. The van der Waals surface area contributed by atoms with Gasteiger partial charge in [0.05, 0.1) is 11.4 Å². The first kappa shape index (κ1) is 19.5. The van der Waals surface area contributed by atoms with E-state index in [1.54, 1.807) is 4.90 Å². The highest BCUT2D eigenvalue weighted by Gasteiger charge is 2.21. The predicted molar refractivity (Wildman–Crippen MR) is 107 cm³/mol. The number of carbonyl (C=O) groups is 1. The Balaban J connectivity index is 1.83. The third-order valence-electron chi connectivity index (χ3n) is 3.98. The number of anilines is 2. The Labute approximate surface area is 165 Å². The Morgan fingerprint density at radius 2 is 1.89 bits per heavy atom. The quantitative estimate of drug-likeness (QED) is 0.488. The van der Waals surface area contributed by atoms with E-state index in [4.69, 9.17) is 0 Å². The molecule has 0 radical (unpaired) electrons. The number of halogens is 2. The SMILES string of the molecule is CC(=O)N(c1nc(CSc2ccc(F)cc2F)cs1)c1c(C)cccc1C. The second-order valence-electron chi connectivity index (χ2n) is 6.08. The van der Waals surface area contributed by atoms with E-state index in [0.29, 0.717) is 15.8 Å². The molecule has 0 saturated heterocycles. The molecule has 0 saturated carbocycles. The van der Waals surface area contributed by atoms with Gasteiger partial charge in [-0.05, 0) is 37.1 Å². The number of para-hydroxylation sites is 1. The first-order chi connectivity index (χ1) is 12.9. The van der Waals surface area contributed by atoms with Crippen molar-refractivity contribution >= 4 is 39.8 Å². The van der Waals surface area contributed by atoms with Gasteiger partial charge in [-0.25, -0.2) is 13.8 Å². The molecule has 0 aliphatic rings. The average Bonchev–Trinajstić information content (AvgIpc) is 3.05. The number of carbonyl (C=O) groups excluding carboxylic acids is 1. The minimum Gasteiger partial charge on any atom is -0.274 e. The van der Waals surface area contributed by atoms with Crippen LogP contribution in [0.4, 0.5) is 19.6 Å². The summed E-state index contributed by atoms with van der Waals surface area (Å²) < 4.78 is 26.8. The maximum atomic E-state index is 13.8. The van der Waals surface area contributed by atoms with Crippen LogP contribution in [0, 0.1) is 25.5 Å². The predicted octanol–water partition coefficient (Wildman–Crippen LogP) is 6.02. The van der Waals surface area contributed by atoms with Crippen molar-refractivity contribution in [1.82, 2.24) is 4.98 Å². The van der Waals surface area contributed by atoms with Crippen LogP contribution in [0.5, 0.6) is 0 Å². The van der Waals surface area contributed by atoms with Gasteiger partial charge in [0, 0.05) is 29.0 Å². The van der Waals surface area contributed by atoms with Crippen molar-refractivity contribution < 1.29 is 13.6 Å². The maximum absolute atomic E-state index is 13.8. The molecule has 2 aromatic carbocycles. The molecule has 1 amide bonds. The normalized spacial score (nSPS) is 10.9. The smallest absolute Gasteiger partial charge is 0.230 e. The molecule has 1 heterocycles. The van der Waals surface area contributed by atoms with Crippen LogP contribution in [0.3, 0.4) is 0 Å². The highest BCUT2D eigenvalue weighted by molar-refractivity contribution is 7.98. The molecule has 3 rings (SSSR count). The zero-order valence-electron chi connectivity index (χ0n) is 15.1. The molecule has 0 bridgehead atoms. The second-order valence-corrected chi connectivity index (χ2v) is 7.93. The molecule has 0 fully saturated rings. The summed E-state index contributed by atoms with van der Waals surface area (Å²) in [7, 11) is 0. The zero-order valence-corrected chi connectivity index (χ0v) is 16.8. The van der Waals surface area contributed by atoms with Crippen LogP contribution in [0.2, 0.25) is 0 Å². The molecule has 140 valence electrons. The van der Waals surface area contributed by atoms with Crippen LogP contribution in [-0.2, 0) is 10.5 Å². The van der Waals surface area contributed by atoms with E-state index >= 15 is 0 Å². The van der Waals surface area contributed by atoms with E-state index in [9.17, 15) is 13.6 Å². The molecule has 7 heteroatoms. The van der Waals surface area contributed by atoms with Crippen molar-refractivity contribution in [2.24, 2.45) is 0 Å². The first-order valence-corrected chi connectivity index (χ1v) is 10.1. The number of rotatable bonds is 5. The van der Waals surface area contributed by atoms with Gasteiger partial charge in [0.25, 0.3) is 0 Å². The van der Waals surface area contributed by atoms with Gasteiger partial charge in [-0.3, -0.25) is 9.69 Å². The van der Waals surface area contributed by atoms with Crippen molar-refractivity contribution in [3.8, 4) is 0 Å². The van der Waals surface area contributed by atoms with Gasteiger partial charge in [0.2, 0.25) is 5.91 Å². The van der Waals surface area contributed by atoms with Gasteiger partial charge in [0.15, 0.2) is 5.13 Å². The van der Waals surface area contributed by atoms with E-state index in [0.717, 1.165) is 28.6 Å². The van der Waals surface area contributed by atoms with Gasteiger partial charge in [-0.2, -0.15) is 0 Å². The number of nitrogens with zero attached hydrogens (tertiary/aromatic N) is 2. The van der Waals surface area contributed by atoms with E-state index in [1.807, 2.05) is 37.4 Å². The Morgan fingerprint density at radius 3 is 2.52 bits per heavy atom. The lowest BCUT2D eigenvalue weighted by molar-refractivity contribution is -0.115. The molecule has 1 aromatic heterocycles. The highest BCUT2D eigenvalue weighted by Crippen LogP contribution is 2.35. The number of benzene rings is 2. The number of amides is 1. The Morgan fingerprint density at radius 1 is 1.19 bits per heavy atom. The topological polar surface area (TPSA) is 33.2 Å². The summed E-state index contributed by atoms with van der Waals surface area (Å²) in [6.07, 6.45) is 0. The van der Waals surface area contributed by atoms with E-state index in [1.165, 1.54) is 42.2 Å². The molecule has 3 aromatic rings. The Kier molecular flexibility index (Phi) is 5.92. The van der Waals surface area contributed by atoms with Crippen LogP contribution in [0.15, 0.2) is 46.7 Å². The summed E-state index contributed by atoms with van der Waals surface area (Å²) in [5, 5.41) is 2.43. The minimum atomic E-state index is -0.599. The molecular weight excluding hydrogens is 386 g/mol. The number of hydrogen-bond acceptors (Lipinski definition) is 4. The van der Waals surface area contributed by atoms with Gasteiger partial charge in [-0.1, -0.05) is 18.2 Å².